The van der Waals surface area contributed by atoms with Crippen LogP contribution in [0.15, 0.2) is 12.2 Å². The van der Waals surface area contributed by atoms with E-state index < -0.39 is 39.2 Å². The summed E-state index contributed by atoms with van der Waals surface area (Å²) in [6, 6.07) is -0.192. The summed E-state index contributed by atoms with van der Waals surface area (Å²) in [5.74, 6) is 1.52. The molecule has 0 bridgehead atoms. The summed E-state index contributed by atoms with van der Waals surface area (Å²) in [4.78, 5) is 46.5. The largest absolute Gasteiger partial charge is 0.487 e. The lowest BCUT2D eigenvalue weighted by atomic mass is 9.65. The van der Waals surface area contributed by atoms with Crippen molar-refractivity contribution in [1.82, 2.24) is 10.6 Å². The third kappa shape index (κ3) is 18.7. The van der Waals surface area contributed by atoms with E-state index in [2.05, 4.69) is 30.3 Å². The molecular weight excluding hydrogens is 592 g/mol. The van der Waals surface area contributed by atoms with Crippen LogP contribution in [0, 0.1) is 11.8 Å². The molecule has 1 aliphatic rings. The van der Waals surface area contributed by atoms with Crippen LogP contribution in [0.4, 0.5) is 0 Å². The molecule has 0 aromatic carbocycles. The standard InChI is InChI=1S/C11H24BNO10P3.C6H13NO4S/c1-8-9(2)11(12-5-6-13-3)21-10(8)7-20-24(4,14)22-26(18,19)23-25(15,16)17;1-6(8)11-4-3-7-5-12(2,9)10/h5-6,8-11,13-14H,4,7H2,1-3H3,(H,18,19)(H2,15,16,17);7H,3-5H2,1-2H3/b6-5+;. The fraction of sp³-hybridized carbons (Fsp3) is 0.765. The first-order valence-electron chi connectivity index (χ1n) is 10.9. The van der Waals surface area contributed by atoms with Crippen molar-refractivity contribution in [2.24, 2.45) is 11.8 Å². The Morgan fingerprint density at radius 3 is 2.26 bits per heavy atom. The molecule has 6 atom stereocenters. The van der Waals surface area contributed by atoms with Gasteiger partial charge < -0.3 is 44.2 Å². The first kappa shape index (κ1) is 37.4. The highest BCUT2D eigenvalue weighted by Gasteiger charge is 2.41. The number of carbonyl (C=O) groups is 1. The van der Waals surface area contributed by atoms with Crippen LogP contribution in [0.25, 0.3) is 0 Å². The van der Waals surface area contributed by atoms with Gasteiger partial charge in [-0.25, -0.2) is 21.9 Å². The zero-order valence-electron chi connectivity index (χ0n) is 21.7. The fourth-order valence-electron chi connectivity index (χ4n) is 2.81. The maximum Gasteiger partial charge on any atom is 0.487 e. The minimum absolute atomic E-state index is 0.0338. The van der Waals surface area contributed by atoms with E-state index in [1.807, 2.05) is 21.1 Å². The number of esters is 1. The number of ether oxygens (including phenoxy) is 2. The van der Waals surface area contributed by atoms with E-state index in [9.17, 15) is 32.1 Å². The Morgan fingerprint density at radius 1 is 1.16 bits per heavy atom. The molecule has 1 fully saturated rings. The van der Waals surface area contributed by atoms with E-state index in [1.165, 1.54) is 6.92 Å². The van der Waals surface area contributed by atoms with Gasteiger partial charge in [0.1, 0.15) is 6.61 Å². The van der Waals surface area contributed by atoms with Crippen LogP contribution >= 0.6 is 23.2 Å². The highest BCUT2D eigenvalue weighted by atomic mass is 32.2. The van der Waals surface area contributed by atoms with E-state index in [1.54, 1.807) is 19.2 Å². The van der Waals surface area contributed by atoms with Crippen molar-refractivity contribution in [2.45, 2.75) is 32.9 Å². The molecule has 1 radical (unpaired) electrons. The minimum atomic E-state index is -5.31. The normalized spacial score (nSPS) is 25.1. The molecule has 0 aromatic heterocycles. The molecule has 6 unspecified atom stereocenters. The number of nitrogens with one attached hydrogen (secondary N) is 2. The predicted molar refractivity (Wildman–Crippen MR) is 142 cm³/mol. The lowest BCUT2D eigenvalue weighted by molar-refractivity contribution is -0.140. The molecule has 1 heterocycles. The molecule has 6 N–H and O–H groups in total. The van der Waals surface area contributed by atoms with Gasteiger partial charge in [-0.1, -0.05) is 13.8 Å². The van der Waals surface area contributed by atoms with Crippen LogP contribution < -0.4 is 10.6 Å². The van der Waals surface area contributed by atoms with Crippen LogP contribution in [0.5, 0.6) is 0 Å². The Bertz CT molecular complexity index is 1020. The van der Waals surface area contributed by atoms with Crippen molar-refractivity contribution in [1.29, 1.82) is 0 Å². The molecule has 0 amide bonds. The smallest absolute Gasteiger partial charge is 0.465 e. The van der Waals surface area contributed by atoms with Crippen LogP contribution in [-0.4, -0.2) is 98.6 Å². The lowest BCUT2D eigenvalue weighted by Gasteiger charge is -2.23. The Morgan fingerprint density at radius 2 is 1.76 bits per heavy atom. The molecule has 0 aromatic rings. The lowest BCUT2D eigenvalue weighted by Crippen LogP contribution is -2.26. The third-order valence-corrected chi connectivity index (χ3v) is 9.46. The van der Waals surface area contributed by atoms with Gasteiger partial charge in [0.05, 0.1) is 18.6 Å². The summed E-state index contributed by atoms with van der Waals surface area (Å²) in [5, 5.41) is 5.46. The number of carbonyl (C=O) groups excluding carboxylic acids is 1. The van der Waals surface area contributed by atoms with Crippen LogP contribution in [0.1, 0.15) is 20.8 Å². The van der Waals surface area contributed by atoms with Gasteiger partial charge in [0.25, 0.3) is 7.57 Å². The van der Waals surface area contributed by atoms with Gasteiger partial charge in [0, 0.05) is 32.8 Å². The zero-order valence-corrected chi connectivity index (χ0v) is 25.2. The fourth-order valence-corrected chi connectivity index (χ4v) is 6.65. The molecule has 1 rings (SSSR count). The van der Waals surface area contributed by atoms with E-state index in [4.69, 9.17) is 19.0 Å². The number of phosphoric acid groups is 2. The predicted octanol–water partition coefficient (Wildman–Crippen LogP) is -0.0507. The van der Waals surface area contributed by atoms with Gasteiger partial charge in [-0.2, -0.15) is 4.31 Å². The van der Waals surface area contributed by atoms with Crippen molar-refractivity contribution < 1.29 is 64.5 Å². The molecule has 0 aliphatic carbocycles. The Kier molecular flexibility index (Phi) is 16.4. The van der Waals surface area contributed by atoms with E-state index in [0.29, 0.717) is 6.54 Å². The molecule has 16 nitrogen and oxygen atoms in total. The number of sulfone groups is 1. The van der Waals surface area contributed by atoms with Crippen LogP contribution in [0.2, 0.25) is 0 Å². The summed E-state index contributed by atoms with van der Waals surface area (Å²) in [5.41, 5.74) is 0. The third-order valence-electron chi connectivity index (χ3n) is 4.66. The maximum absolute atomic E-state index is 11.5. The second-order valence-electron chi connectivity index (χ2n) is 8.16. The summed E-state index contributed by atoms with van der Waals surface area (Å²) in [6.45, 7) is 5.56. The quantitative estimate of drug-likeness (QED) is 0.0603. The molecule has 21 heteroatoms. The molecule has 0 saturated carbocycles. The molecular formula is C17H37BN2O14P3S. The number of hydrogen-bond donors (Lipinski definition) is 6. The minimum Gasteiger partial charge on any atom is -0.465 e. The molecule has 1 saturated heterocycles. The van der Waals surface area contributed by atoms with Gasteiger partial charge >= 0.3 is 21.6 Å². The summed E-state index contributed by atoms with van der Waals surface area (Å²) in [6.07, 6.45) is 5.56. The number of hydrogen-bond acceptors (Lipinski definition) is 13. The maximum atomic E-state index is 11.5. The van der Waals surface area contributed by atoms with Crippen molar-refractivity contribution in [3.63, 3.8) is 0 Å². The SMILES string of the molecule is C=P(O)(OCC1OC([B]/C=C/NC)C(C)C1C)OP(=O)(O)OP(=O)(O)O.CC(=O)OCCNCS(C)(=O)=O. The Balaban J connectivity index is 0.000000958. The van der Waals surface area contributed by atoms with Crippen molar-refractivity contribution >= 4 is 52.6 Å². The summed E-state index contributed by atoms with van der Waals surface area (Å²) >= 11 is 0. The van der Waals surface area contributed by atoms with Crippen LogP contribution in [-0.2, 0) is 46.4 Å². The zero-order chi connectivity index (χ0) is 29.8. The average Bonchev–Trinajstić information content (AvgIpc) is 2.97. The van der Waals surface area contributed by atoms with Gasteiger partial charge in [-0.3, -0.25) is 4.79 Å². The van der Waals surface area contributed by atoms with E-state index >= 15 is 0 Å². The van der Waals surface area contributed by atoms with Gasteiger partial charge in [0.15, 0.2) is 17.1 Å². The molecule has 1 aliphatic heterocycles. The first-order valence-corrected chi connectivity index (χ1v) is 17.8. The Labute approximate surface area is 223 Å². The average molecular weight is 629 g/mol. The second-order valence-corrected chi connectivity index (χ2v) is 15.1. The molecule has 38 heavy (non-hydrogen) atoms. The van der Waals surface area contributed by atoms with Crippen molar-refractivity contribution in [2.75, 3.05) is 38.9 Å². The topological polar surface area (TPSA) is 236 Å². The highest BCUT2D eigenvalue weighted by molar-refractivity contribution is 7.90. The van der Waals surface area contributed by atoms with Crippen LogP contribution in [0.3, 0.4) is 0 Å². The monoisotopic (exact) mass is 629 g/mol. The number of rotatable bonds is 15. The first-order chi connectivity index (χ1) is 17.2. The summed E-state index contributed by atoms with van der Waals surface area (Å²) in [7, 11) is -14.1. The van der Waals surface area contributed by atoms with E-state index in [-0.39, 0.29) is 42.9 Å². The second kappa shape index (κ2) is 16.6. The van der Waals surface area contributed by atoms with E-state index in [0.717, 1.165) is 6.26 Å². The van der Waals surface area contributed by atoms with Gasteiger partial charge in [-0.05, 0) is 24.3 Å². The Hall–Kier alpha value is -0.575. The van der Waals surface area contributed by atoms with Gasteiger partial charge in [-0.15, -0.1) is 5.98 Å². The molecule has 223 valence electrons. The van der Waals surface area contributed by atoms with Gasteiger partial charge in [0.2, 0.25) is 0 Å². The van der Waals surface area contributed by atoms with Crippen molar-refractivity contribution in [3.8, 4) is 0 Å². The summed E-state index contributed by atoms with van der Waals surface area (Å²) < 4.78 is 66.5. The van der Waals surface area contributed by atoms with Crippen molar-refractivity contribution in [3.05, 3.63) is 12.2 Å². The highest BCUT2D eigenvalue weighted by Crippen LogP contribution is 2.66. The molecule has 0 spiro atoms.